The van der Waals surface area contributed by atoms with Gasteiger partial charge in [0.2, 0.25) is 10.0 Å². The van der Waals surface area contributed by atoms with Crippen LogP contribution >= 0.6 is 63.7 Å². The van der Waals surface area contributed by atoms with Crippen molar-refractivity contribution in [3.05, 3.63) is 17.9 Å². The van der Waals surface area contributed by atoms with Crippen molar-refractivity contribution in [1.82, 2.24) is 0 Å². The molecule has 0 aromatic heterocycles. The second kappa shape index (κ2) is 5.39. The molecule has 0 bridgehead atoms. The lowest BCUT2D eigenvalue weighted by Crippen LogP contribution is -2.16. The molecule has 102 valence electrons. The van der Waals surface area contributed by atoms with Gasteiger partial charge in [-0.05, 0) is 63.7 Å². The van der Waals surface area contributed by atoms with E-state index in [0.717, 1.165) is 0 Å². The van der Waals surface area contributed by atoms with Gasteiger partial charge in [0.05, 0.1) is 13.4 Å². The van der Waals surface area contributed by atoms with Gasteiger partial charge in [-0.25, -0.2) is 13.6 Å². The first-order valence-electron chi connectivity index (χ1n) is 3.75. The Hall–Kier alpha value is 0.960. The lowest BCUT2D eigenvalue weighted by molar-refractivity contribution is 0.481. The summed E-state index contributed by atoms with van der Waals surface area (Å²) in [6, 6.07) is 0. The standard InChI is InChI=1S/C6H3Br4NO5S2/c7-1-2(8)5(17(11,12)13)4(10)6(3(1)9)18(14,15)16/h(H2,11,12,13)(H,14,15,16). The van der Waals surface area contributed by atoms with E-state index in [1.807, 2.05) is 0 Å². The number of sulfonamides is 1. The van der Waals surface area contributed by atoms with Crippen LogP contribution in [0, 0.1) is 0 Å². The van der Waals surface area contributed by atoms with E-state index in [2.05, 4.69) is 63.7 Å². The van der Waals surface area contributed by atoms with Crippen LogP contribution in [0.15, 0.2) is 27.7 Å². The maximum atomic E-state index is 11.4. The van der Waals surface area contributed by atoms with Gasteiger partial charge in [0.1, 0.15) is 9.79 Å². The van der Waals surface area contributed by atoms with Crippen LogP contribution in [0.25, 0.3) is 0 Å². The quantitative estimate of drug-likeness (QED) is 0.333. The molecule has 0 aliphatic heterocycles. The highest BCUT2D eigenvalue weighted by molar-refractivity contribution is 9.14. The molecule has 0 aliphatic rings. The van der Waals surface area contributed by atoms with Gasteiger partial charge in [-0.1, -0.05) is 0 Å². The fourth-order valence-corrected chi connectivity index (χ4v) is 7.72. The molecule has 0 heterocycles. The average Bonchev–Trinajstić information content (AvgIpc) is 2.09. The number of hydrogen-bond donors (Lipinski definition) is 2. The molecule has 0 radical (unpaired) electrons. The summed E-state index contributed by atoms with van der Waals surface area (Å²) in [6.07, 6.45) is 0. The predicted octanol–water partition coefficient (Wildman–Crippen LogP) is 2.63. The van der Waals surface area contributed by atoms with Crippen LogP contribution in [0.3, 0.4) is 0 Å². The van der Waals surface area contributed by atoms with Crippen LogP contribution in [-0.2, 0) is 20.1 Å². The van der Waals surface area contributed by atoms with Crippen molar-refractivity contribution in [1.29, 1.82) is 0 Å². The predicted molar refractivity (Wildman–Crippen MR) is 78.4 cm³/mol. The molecule has 0 saturated heterocycles. The monoisotopic (exact) mass is 549 g/mol. The summed E-state index contributed by atoms with van der Waals surface area (Å²) in [4.78, 5) is -1.13. The molecule has 1 aromatic carbocycles. The van der Waals surface area contributed by atoms with Crippen LogP contribution in [0.2, 0.25) is 0 Å². The Bertz CT molecular complexity index is 668. The van der Waals surface area contributed by atoms with Crippen molar-refractivity contribution in [2.24, 2.45) is 5.14 Å². The average molecular weight is 553 g/mol. The molecule has 0 spiro atoms. The van der Waals surface area contributed by atoms with Crippen LogP contribution in [0.1, 0.15) is 0 Å². The first-order chi connectivity index (χ1) is 7.89. The van der Waals surface area contributed by atoms with Crippen LogP contribution in [0.4, 0.5) is 0 Å². The molecular formula is C6H3Br4NO5S2. The van der Waals surface area contributed by atoms with Gasteiger partial charge in [-0.15, -0.1) is 0 Å². The summed E-state index contributed by atoms with van der Waals surface area (Å²) < 4.78 is 54.1. The van der Waals surface area contributed by atoms with Crippen molar-refractivity contribution in [2.45, 2.75) is 9.79 Å². The third kappa shape index (κ3) is 3.16. The Balaban J connectivity index is 4.09. The summed E-state index contributed by atoms with van der Waals surface area (Å²) in [7, 11) is -8.86. The van der Waals surface area contributed by atoms with E-state index in [9.17, 15) is 16.8 Å². The van der Waals surface area contributed by atoms with Gasteiger partial charge in [0.25, 0.3) is 10.1 Å². The van der Waals surface area contributed by atoms with Crippen LogP contribution < -0.4 is 5.14 Å². The van der Waals surface area contributed by atoms with Crippen molar-refractivity contribution >= 4 is 83.9 Å². The van der Waals surface area contributed by atoms with Crippen molar-refractivity contribution < 1.29 is 21.4 Å². The summed E-state index contributed by atoms with van der Waals surface area (Å²) >= 11 is 11.7. The second-order valence-electron chi connectivity index (χ2n) is 2.93. The molecule has 1 rings (SSSR count). The summed E-state index contributed by atoms with van der Waals surface area (Å²) in [5.74, 6) is 0. The minimum atomic E-state index is -4.65. The summed E-state index contributed by atoms with van der Waals surface area (Å²) in [5, 5.41) is 4.99. The van der Waals surface area contributed by atoms with Crippen molar-refractivity contribution in [3.63, 3.8) is 0 Å². The van der Waals surface area contributed by atoms with E-state index in [-0.39, 0.29) is 17.9 Å². The highest BCUT2D eigenvalue weighted by atomic mass is 79.9. The maximum absolute atomic E-state index is 11.4. The smallest absolute Gasteiger partial charge is 0.282 e. The topological polar surface area (TPSA) is 115 Å². The van der Waals surface area contributed by atoms with Crippen molar-refractivity contribution in [2.75, 3.05) is 0 Å². The van der Waals surface area contributed by atoms with Gasteiger partial charge in [-0.2, -0.15) is 8.42 Å². The van der Waals surface area contributed by atoms with Gasteiger partial charge in [0.15, 0.2) is 0 Å². The van der Waals surface area contributed by atoms with E-state index >= 15 is 0 Å². The normalized spacial score (nSPS) is 12.8. The number of halogens is 4. The van der Waals surface area contributed by atoms with E-state index < -0.39 is 29.9 Å². The maximum Gasteiger partial charge on any atom is 0.296 e. The number of hydrogen-bond acceptors (Lipinski definition) is 4. The fourth-order valence-electron chi connectivity index (χ4n) is 1.07. The third-order valence-electron chi connectivity index (χ3n) is 1.73. The number of primary sulfonamides is 1. The van der Waals surface area contributed by atoms with Gasteiger partial charge in [0, 0.05) is 4.47 Å². The zero-order valence-corrected chi connectivity index (χ0v) is 16.0. The fraction of sp³-hybridized carbons (Fsp3) is 0. The Labute approximate surface area is 137 Å². The van der Waals surface area contributed by atoms with Crippen LogP contribution in [-0.4, -0.2) is 21.4 Å². The van der Waals surface area contributed by atoms with E-state index in [4.69, 9.17) is 9.69 Å². The molecular weight excluding hydrogens is 550 g/mol. The largest absolute Gasteiger partial charge is 0.296 e. The van der Waals surface area contributed by atoms with Crippen LogP contribution in [0.5, 0.6) is 0 Å². The Morgan fingerprint density at radius 3 is 1.50 bits per heavy atom. The highest BCUT2D eigenvalue weighted by Gasteiger charge is 2.30. The summed E-state index contributed by atoms with van der Waals surface area (Å²) in [6.45, 7) is 0. The van der Waals surface area contributed by atoms with Gasteiger partial charge < -0.3 is 0 Å². The number of benzene rings is 1. The van der Waals surface area contributed by atoms with Gasteiger partial charge >= 0.3 is 0 Å². The van der Waals surface area contributed by atoms with E-state index in [1.54, 1.807) is 0 Å². The Morgan fingerprint density at radius 2 is 1.17 bits per heavy atom. The minimum Gasteiger partial charge on any atom is -0.282 e. The van der Waals surface area contributed by atoms with E-state index in [1.165, 1.54) is 0 Å². The molecule has 12 heteroatoms. The Morgan fingerprint density at radius 1 is 0.778 bits per heavy atom. The lowest BCUT2D eigenvalue weighted by atomic mass is 10.4. The first-order valence-corrected chi connectivity index (χ1v) is 9.91. The van der Waals surface area contributed by atoms with Crippen molar-refractivity contribution in [3.8, 4) is 0 Å². The molecule has 3 N–H and O–H groups in total. The minimum absolute atomic E-state index is 0.0242. The molecule has 0 saturated carbocycles. The summed E-state index contributed by atoms with van der Waals surface area (Å²) in [5.41, 5.74) is 0. The molecule has 6 nitrogen and oxygen atoms in total. The zero-order valence-electron chi connectivity index (χ0n) is 7.99. The molecule has 0 aliphatic carbocycles. The SMILES string of the molecule is NS(=O)(=O)c1c(Br)c(Br)c(Br)c(S(=O)(=O)O)c1Br. The molecule has 0 fully saturated rings. The molecule has 1 aromatic rings. The molecule has 18 heavy (non-hydrogen) atoms. The zero-order chi connectivity index (χ0) is 14.5. The third-order valence-corrected chi connectivity index (χ3v) is 8.91. The molecule has 0 amide bonds. The lowest BCUT2D eigenvalue weighted by Gasteiger charge is -2.13. The number of rotatable bonds is 2. The molecule has 0 unspecified atom stereocenters. The Kier molecular flexibility index (Phi) is 5.09. The number of nitrogens with two attached hydrogens (primary N) is 1. The first kappa shape index (κ1) is 17.0. The highest BCUT2D eigenvalue weighted by Crippen LogP contribution is 2.45. The second-order valence-corrected chi connectivity index (χ2v) is 8.96. The van der Waals surface area contributed by atoms with Gasteiger partial charge in [-0.3, -0.25) is 4.55 Å². The van der Waals surface area contributed by atoms with E-state index in [0.29, 0.717) is 0 Å². The molecule has 0 atom stereocenters.